The number of rotatable bonds is 6. The Morgan fingerprint density at radius 1 is 1.21 bits per heavy atom. The van der Waals surface area contributed by atoms with Gasteiger partial charge in [0.05, 0.1) is 25.0 Å². The topological polar surface area (TPSA) is 94.5 Å². The van der Waals surface area contributed by atoms with E-state index in [-0.39, 0.29) is 5.92 Å². The van der Waals surface area contributed by atoms with Crippen LogP contribution < -0.4 is 9.64 Å². The van der Waals surface area contributed by atoms with E-state index in [1.807, 2.05) is 56.1 Å². The van der Waals surface area contributed by atoms with E-state index in [1.165, 1.54) is 0 Å². The Labute approximate surface area is 162 Å². The predicted octanol–water partition coefficient (Wildman–Crippen LogP) is 2.94. The van der Waals surface area contributed by atoms with E-state index in [0.717, 1.165) is 22.7 Å². The lowest BCUT2D eigenvalue weighted by Gasteiger charge is -2.18. The molecule has 0 atom stereocenters. The van der Waals surface area contributed by atoms with Crippen LogP contribution in [0.1, 0.15) is 31.5 Å². The van der Waals surface area contributed by atoms with Gasteiger partial charge >= 0.3 is 0 Å². The molecule has 4 aromatic rings. The monoisotopic (exact) mass is 379 g/mol. The van der Waals surface area contributed by atoms with Crippen LogP contribution in [-0.4, -0.2) is 44.1 Å². The molecule has 0 saturated carbocycles. The second kappa shape index (κ2) is 7.26. The first-order chi connectivity index (χ1) is 13.5. The molecule has 0 bridgehead atoms. The molecule has 0 aliphatic carbocycles. The Morgan fingerprint density at radius 2 is 2.00 bits per heavy atom. The van der Waals surface area contributed by atoms with Crippen LogP contribution in [0.25, 0.3) is 16.9 Å². The summed E-state index contributed by atoms with van der Waals surface area (Å²) in [5, 5.41) is 16.8. The number of methoxy groups -OCH3 is 1. The Bertz CT molecular complexity index is 1090. The highest BCUT2D eigenvalue weighted by Gasteiger charge is 2.17. The normalized spacial score (nSPS) is 11.3. The fourth-order valence-electron chi connectivity index (χ4n) is 2.85. The Hall–Kier alpha value is -3.49. The molecular formula is C19H21N7O2. The molecule has 9 heteroatoms. The largest absolute Gasteiger partial charge is 0.497 e. The second-order valence-electron chi connectivity index (χ2n) is 6.80. The number of aromatic nitrogens is 6. The molecule has 0 amide bonds. The van der Waals surface area contributed by atoms with Crippen LogP contribution in [0.5, 0.6) is 5.75 Å². The van der Waals surface area contributed by atoms with Gasteiger partial charge in [-0.3, -0.25) is 0 Å². The average molecular weight is 379 g/mol. The summed E-state index contributed by atoms with van der Waals surface area (Å²) in [6.45, 7) is 4.51. The van der Waals surface area contributed by atoms with Gasteiger partial charge in [-0.25, -0.2) is 0 Å². The molecule has 0 saturated heterocycles. The maximum atomic E-state index is 5.38. The molecule has 3 aromatic heterocycles. The molecule has 0 unspecified atom stereocenters. The lowest BCUT2D eigenvalue weighted by molar-refractivity contribution is 0.371. The highest BCUT2D eigenvalue weighted by atomic mass is 16.5. The van der Waals surface area contributed by atoms with Crippen LogP contribution in [0.15, 0.2) is 41.2 Å². The molecule has 0 aliphatic rings. The van der Waals surface area contributed by atoms with Gasteiger partial charge in [0.2, 0.25) is 11.5 Å². The summed E-state index contributed by atoms with van der Waals surface area (Å²) in [4.78, 5) is 6.45. The van der Waals surface area contributed by atoms with Crippen molar-refractivity contribution in [3.63, 3.8) is 0 Å². The van der Waals surface area contributed by atoms with Crippen molar-refractivity contribution in [1.29, 1.82) is 0 Å². The number of nitrogens with zero attached hydrogens (tertiary/aromatic N) is 7. The lowest BCUT2D eigenvalue weighted by atomic mass is 10.1. The number of benzene rings is 1. The molecule has 0 spiro atoms. The fourth-order valence-corrected chi connectivity index (χ4v) is 2.85. The summed E-state index contributed by atoms with van der Waals surface area (Å²) >= 11 is 0. The smallest absolute Gasteiger partial charge is 0.246 e. The van der Waals surface area contributed by atoms with Crippen molar-refractivity contribution in [2.75, 3.05) is 19.1 Å². The zero-order valence-corrected chi connectivity index (χ0v) is 16.2. The number of fused-ring (bicyclic) bond motifs is 1. The van der Waals surface area contributed by atoms with Crippen molar-refractivity contribution in [3.05, 3.63) is 48.4 Å². The summed E-state index contributed by atoms with van der Waals surface area (Å²) in [5.74, 6) is 2.26. The number of ether oxygens (including phenoxy) is 1. The minimum Gasteiger partial charge on any atom is -0.497 e. The van der Waals surface area contributed by atoms with Crippen molar-refractivity contribution in [2.45, 2.75) is 26.3 Å². The van der Waals surface area contributed by atoms with E-state index >= 15 is 0 Å². The van der Waals surface area contributed by atoms with Gasteiger partial charge in [-0.2, -0.15) is 14.6 Å². The maximum absolute atomic E-state index is 5.38. The van der Waals surface area contributed by atoms with E-state index in [4.69, 9.17) is 9.26 Å². The second-order valence-corrected chi connectivity index (χ2v) is 6.80. The van der Waals surface area contributed by atoms with Gasteiger partial charge in [-0.15, -0.1) is 10.2 Å². The molecular weight excluding hydrogens is 358 g/mol. The minimum absolute atomic E-state index is 0.216. The number of hydrogen-bond donors (Lipinski definition) is 0. The van der Waals surface area contributed by atoms with Gasteiger partial charge in [0.1, 0.15) is 12.1 Å². The van der Waals surface area contributed by atoms with Crippen LogP contribution >= 0.6 is 0 Å². The van der Waals surface area contributed by atoms with Crippen molar-refractivity contribution >= 4 is 11.3 Å². The molecule has 144 valence electrons. The third kappa shape index (κ3) is 3.38. The fraction of sp³-hybridized carbons (Fsp3) is 0.316. The average Bonchev–Trinajstić information content (AvgIpc) is 3.36. The summed E-state index contributed by atoms with van der Waals surface area (Å²) in [7, 11) is 3.59. The van der Waals surface area contributed by atoms with E-state index in [9.17, 15) is 0 Å². The van der Waals surface area contributed by atoms with Crippen LogP contribution in [-0.2, 0) is 6.54 Å². The maximum Gasteiger partial charge on any atom is 0.246 e. The SMILES string of the molecule is COc1ccc(-c2cc(N(C)Cc3nc(C(C)C)no3)c3nncn3n2)cc1. The number of anilines is 1. The van der Waals surface area contributed by atoms with Crippen LogP contribution in [0.3, 0.4) is 0 Å². The Balaban J connectivity index is 1.69. The highest BCUT2D eigenvalue weighted by molar-refractivity contribution is 5.74. The van der Waals surface area contributed by atoms with Gasteiger partial charge < -0.3 is 14.2 Å². The van der Waals surface area contributed by atoms with Gasteiger partial charge in [0.25, 0.3) is 0 Å². The molecule has 0 radical (unpaired) electrons. The first-order valence-corrected chi connectivity index (χ1v) is 8.94. The minimum atomic E-state index is 0.216. The summed E-state index contributed by atoms with van der Waals surface area (Å²) in [6.07, 6.45) is 1.59. The quantitative estimate of drug-likeness (QED) is 0.505. The zero-order valence-electron chi connectivity index (χ0n) is 16.2. The third-order valence-electron chi connectivity index (χ3n) is 4.42. The summed E-state index contributed by atoms with van der Waals surface area (Å²) in [5.41, 5.74) is 3.28. The van der Waals surface area contributed by atoms with E-state index in [0.29, 0.717) is 23.9 Å². The van der Waals surface area contributed by atoms with Gasteiger partial charge in [0, 0.05) is 18.5 Å². The molecule has 28 heavy (non-hydrogen) atoms. The first kappa shape index (κ1) is 17.9. The molecule has 0 N–H and O–H groups in total. The Morgan fingerprint density at radius 3 is 2.68 bits per heavy atom. The van der Waals surface area contributed by atoms with Gasteiger partial charge in [0.15, 0.2) is 5.82 Å². The number of hydrogen-bond acceptors (Lipinski definition) is 8. The van der Waals surface area contributed by atoms with Crippen LogP contribution in [0, 0.1) is 0 Å². The molecule has 1 aromatic carbocycles. The van der Waals surface area contributed by atoms with Crippen LogP contribution in [0.2, 0.25) is 0 Å². The van der Waals surface area contributed by atoms with E-state index in [1.54, 1.807) is 18.0 Å². The van der Waals surface area contributed by atoms with Crippen molar-refractivity contribution in [3.8, 4) is 17.0 Å². The van der Waals surface area contributed by atoms with E-state index < -0.39 is 0 Å². The van der Waals surface area contributed by atoms with Crippen molar-refractivity contribution < 1.29 is 9.26 Å². The van der Waals surface area contributed by atoms with Crippen LogP contribution in [0.4, 0.5) is 5.69 Å². The lowest BCUT2D eigenvalue weighted by Crippen LogP contribution is -2.18. The third-order valence-corrected chi connectivity index (χ3v) is 4.42. The van der Waals surface area contributed by atoms with Crippen molar-refractivity contribution in [1.82, 2.24) is 30.0 Å². The summed E-state index contributed by atoms with van der Waals surface area (Å²) < 4.78 is 12.3. The van der Waals surface area contributed by atoms with Crippen molar-refractivity contribution in [2.24, 2.45) is 0 Å². The molecule has 4 rings (SSSR count). The van der Waals surface area contributed by atoms with Gasteiger partial charge in [-0.05, 0) is 30.3 Å². The first-order valence-electron chi connectivity index (χ1n) is 8.94. The Kier molecular flexibility index (Phi) is 4.64. The zero-order chi connectivity index (χ0) is 19.7. The summed E-state index contributed by atoms with van der Waals surface area (Å²) in [6, 6.07) is 9.72. The standard InChI is InChI=1S/C19H21N7O2/c1-12(2)18-21-17(28-24-18)10-25(3)16-9-15(23-26-11-20-22-19(16)26)13-5-7-14(27-4)8-6-13/h5-9,11-12H,10H2,1-4H3. The molecule has 0 fully saturated rings. The highest BCUT2D eigenvalue weighted by Crippen LogP contribution is 2.27. The van der Waals surface area contributed by atoms with E-state index in [2.05, 4.69) is 25.4 Å². The van der Waals surface area contributed by atoms with Gasteiger partial charge in [-0.1, -0.05) is 19.0 Å². The molecule has 3 heterocycles. The predicted molar refractivity (Wildman–Crippen MR) is 103 cm³/mol. The molecule has 0 aliphatic heterocycles. The molecule has 9 nitrogen and oxygen atoms in total.